The molecule has 2 nitrogen and oxygen atoms in total. The van der Waals surface area contributed by atoms with Crippen molar-refractivity contribution in [1.82, 2.24) is 0 Å². The van der Waals surface area contributed by atoms with Gasteiger partial charge in [0.15, 0.2) is 0 Å². The van der Waals surface area contributed by atoms with Crippen LogP contribution < -0.4 is 4.90 Å². The van der Waals surface area contributed by atoms with Crippen LogP contribution in [0.3, 0.4) is 0 Å². The predicted molar refractivity (Wildman–Crippen MR) is 70.3 cm³/mol. The van der Waals surface area contributed by atoms with Gasteiger partial charge in [-0.2, -0.15) is 0 Å². The van der Waals surface area contributed by atoms with Crippen LogP contribution in [0, 0.1) is 0 Å². The fourth-order valence-electron chi connectivity index (χ4n) is 2.45. The third-order valence-electron chi connectivity index (χ3n) is 3.39. The minimum absolute atomic E-state index is 0.485. The Bertz CT molecular complexity index is 575. The van der Waals surface area contributed by atoms with Gasteiger partial charge in [-0.15, -0.1) is 0 Å². The molecule has 3 rings (SSSR count). The van der Waals surface area contributed by atoms with Gasteiger partial charge in [0.25, 0.3) is 0 Å². The Morgan fingerprint density at radius 3 is 2.41 bits per heavy atom. The second-order valence-electron chi connectivity index (χ2n) is 4.66. The lowest BCUT2D eigenvalue weighted by Gasteiger charge is -2.14. The highest BCUT2D eigenvalue weighted by molar-refractivity contribution is 5.79. The summed E-state index contributed by atoms with van der Waals surface area (Å²) in [5.74, 6) is 0. The Kier molecular flexibility index (Phi) is 2.20. The second-order valence-corrected chi connectivity index (χ2v) is 4.66. The summed E-state index contributed by atoms with van der Waals surface area (Å²) in [5, 5.41) is 10.3. The van der Waals surface area contributed by atoms with E-state index in [1.54, 1.807) is 0 Å². The van der Waals surface area contributed by atoms with Crippen molar-refractivity contribution in [3.05, 3.63) is 53.6 Å². The Balaban J connectivity index is 2.20. The summed E-state index contributed by atoms with van der Waals surface area (Å²) in [7, 11) is 4.02. The van der Waals surface area contributed by atoms with Gasteiger partial charge in [0.2, 0.25) is 0 Å². The standard InChI is InChI=1S/C15H15NO/c1-16(2)10-7-8-12-11-5-3-4-6-13(11)15(17)14(12)9-10/h3-9,15,17H,1-2H3. The number of anilines is 1. The number of aliphatic hydroxyl groups is 1. The van der Waals surface area contributed by atoms with Crippen LogP contribution in [0.25, 0.3) is 11.1 Å². The predicted octanol–water partition coefficient (Wildman–Crippen LogP) is 2.81. The minimum atomic E-state index is -0.485. The van der Waals surface area contributed by atoms with E-state index in [-0.39, 0.29) is 0 Å². The number of fused-ring (bicyclic) bond motifs is 3. The zero-order valence-corrected chi connectivity index (χ0v) is 10.0. The first-order valence-corrected chi connectivity index (χ1v) is 5.77. The summed E-state index contributed by atoms with van der Waals surface area (Å²) in [5.41, 5.74) is 5.45. The zero-order chi connectivity index (χ0) is 12.0. The van der Waals surface area contributed by atoms with Crippen molar-refractivity contribution >= 4 is 5.69 Å². The van der Waals surface area contributed by atoms with Crippen molar-refractivity contribution in [2.45, 2.75) is 6.10 Å². The third-order valence-corrected chi connectivity index (χ3v) is 3.39. The molecule has 0 spiro atoms. The molecule has 0 saturated carbocycles. The lowest BCUT2D eigenvalue weighted by Crippen LogP contribution is -2.09. The molecule has 1 aliphatic carbocycles. The Labute approximate surface area is 101 Å². The Hall–Kier alpha value is -1.80. The molecule has 0 aliphatic heterocycles. The van der Waals surface area contributed by atoms with Gasteiger partial charge >= 0.3 is 0 Å². The topological polar surface area (TPSA) is 23.5 Å². The highest BCUT2D eigenvalue weighted by atomic mass is 16.3. The van der Waals surface area contributed by atoms with E-state index in [9.17, 15) is 5.11 Å². The molecule has 1 atom stereocenters. The summed E-state index contributed by atoms with van der Waals surface area (Å²) in [4.78, 5) is 2.05. The summed E-state index contributed by atoms with van der Waals surface area (Å²) >= 11 is 0. The van der Waals surface area contributed by atoms with E-state index in [4.69, 9.17) is 0 Å². The average molecular weight is 225 g/mol. The maximum absolute atomic E-state index is 10.3. The van der Waals surface area contributed by atoms with Crippen LogP contribution in [0.15, 0.2) is 42.5 Å². The van der Waals surface area contributed by atoms with Crippen LogP contribution in [0.4, 0.5) is 5.69 Å². The molecule has 2 aromatic carbocycles. The molecule has 0 amide bonds. The largest absolute Gasteiger partial charge is 0.384 e. The first kappa shape index (κ1) is 10.4. The maximum atomic E-state index is 10.3. The lowest BCUT2D eigenvalue weighted by atomic mass is 10.1. The zero-order valence-electron chi connectivity index (χ0n) is 10.0. The lowest BCUT2D eigenvalue weighted by molar-refractivity contribution is 0.225. The van der Waals surface area contributed by atoms with Gasteiger partial charge in [0.1, 0.15) is 6.10 Å². The van der Waals surface area contributed by atoms with Crippen molar-refractivity contribution in [1.29, 1.82) is 0 Å². The second kappa shape index (κ2) is 3.60. The summed E-state index contributed by atoms with van der Waals surface area (Å²) in [6.45, 7) is 0. The van der Waals surface area contributed by atoms with E-state index in [1.165, 1.54) is 0 Å². The molecule has 1 unspecified atom stereocenters. The van der Waals surface area contributed by atoms with Crippen LogP contribution >= 0.6 is 0 Å². The summed E-state index contributed by atoms with van der Waals surface area (Å²) in [6.07, 6.45) is -0.485. The van der Waals surface area contributed by atoms with E-state index >= 15 is 0 Å². The fourth-order valence-corrected chi connectivity index (χ4v) is 2.45. The van der Waals surface area contributed by atoms with Gasteiger partial charge in [0, 0.05) is 19.8 Å². The first-order chi connectivity index (χ1) is 8.18. The van der Waals surface area contributed by atoms with Gasteiger partial charge in [-0.1, -0.05) is 30.3 Å². The van der Waals surface area contributed by atoms with Crippen molar-refractivity contribution < 1.29 is 5.11 Å². The van der Waals surface area contributed by atoms with Gasteiger partial charge in [-0.05, 0) is 34.4 Å². The van der Waals surface area contributed by atoms with Crippen molar-refractivity contribution in [3.63, 3.8) is 0 Å². The van der Waals surface area contributed by atoms with Crippen LogP contribution in [0.2, 0.25) is 0 Å². The van der Waals surface area contributed by atoms with Gasteiger partial charge < -0.3 is 10.0 Å². The Morgan fingerprint density at radius 1 is 0.941 bits per heavy atom. The van der Waals surface area contributed by atoms with E-state index in [0.717, 1.165) is 27.9 Å². The summed E-state index contributed by atoms with van der Waals surface area (Å²) < 4.78 is 0. The summed E-state index contributed by atoms with van der Waals surface area (Å²) in [6, 6.07) is 14.3. The third kappa shape index (κ3) is 1.45. The fraction of sp³-hybridized carbons (Fsp3) is 0.200. The van der Waals surface area contributed by atoms with E-state index in [0.29, 0.717) is 0 Å². The quantitative estimate of drug-likeness (QED) is 0.806. The molecular formula is C15H15NO. The number of benzene rings is 2. The van der Waals surface area contributed by atoms with Crippen LogP contribution in [-0.4, -0.2) is 19.2 Å². The average Bonchev–Trinajstić information content (AvgIpc) is 2.64. The first-order valence-electron chi connectivity index (χ1n) is 5.77. The van der Waals surface area contributed by atoms with E-state index in [1.807, 2.05) is 32.3 Å². The number of hydrogen-bond acceptors (Lipinski definition) is 2. The normalized spacial score (nSPS) is 16.5. The van der Waals surface area contributed by atoms with E-state index < -0.39 is 6.10 Å². The number of aliphatic hydroxyl groups excluding tert-OH is 1. The molecule has 0 saturated heterocycles. The molecule has 0 bridgehead atoms. The number of rotatable bonds is 1. The van der Waals surface area contributed by atoms with Crippen LogP contribution in [0.1, 0.15) is 17.2 Å². The molecule has 0 fully saturated rings. The molecule has 1 aliphatic rings. The molecule has 1 N–H and O–H groups in total. The minimum Gasteiger partial charge on any atom is -0.384 e. The highest BCUT2D eigenvalue weighted by Crippen LogP contribution is 2.44. The van der Waals surface area contributed by atoms with Gasteiger partial charge in [0.05, 0.1) is 0 Å². The smallest absolute Gasteiger partial charge is 0.105 e. The monoisotopic (exact) mass is 225 g/mol. The molecule has 2 heteroatoms. The molecule has 0 aromatic heterocycles. The molecule has 0 heterocycles. The number of hydrogen-bond donors (Lipinski definition) is 1. The van der Waals surface area contributed by atoms with E-state index in [2.05, 4.69) is 29.2 Å². The molecule has 86 valence electrons. The SMILES string of the molecule is CN(C)c1ccc2c(c1)C(O)c1ccccc1-2. The van der Waals surface area contributed by atoms with Gasteiger partial charge in [-0.25, -0.2) is 0 Å². The molecule has 0 radical (unpaired) electrons. The molecule has 17 heavy (non-hydrogen) atoms. The number of nitrogens with zero attached hydrogens (tertiary/aromatic N) is 1. The van der Waals surface area contributed by atoms with Gasteiger partial charge in [-0.3, -0.25) is 0 Å². The highest BCUT2D eigenvalue weighted by Gasteiger charge is 2.26. The van der Waals surface area contributed by atoms with Crippen molar-refractivity contribution in [3.8, 4) is 11.1 Å². The molecule has 2 aromatic rings. The van der Waals surface area contributed by atoms with Crippen molar-refractivity contribution in [2.75, 3.05) is 19.0 Å². The van der Waals surface area contributed by atoms with Crippen LogP contribution in [-0.2, 0) is 0 Å². The molecular weight excluding hydrogens is 210 g/mol. The van der Waals surface area contributed by atoms with Crippen molar-refractivity contribution in [2.24, 2.45) is 0 Å². The Morgan fingerprint density at radius 2 is 1.65 bits per heavy atom. The van der Waals surface area contributed by atoms with Crippen LogP contribution in [0.5, 0.6) is 0 Å². The maximum Gasteiger partial charge on any atom is 0.105 e.